The Labute approximate surface area is 174 Å². The van der Waals surface area contributed by atoms with Gasteiger partial charge >= 0.3 is 0 Å². The van der Waals surface area contributed by atoms with Crippen LogP contribution in [0, 0.1) is 13.8 Å². The lowest BCUT2D eigenvalue weighted by atomic mass is 9.95. The van der Waals surface area contributed by atoms with E-state index < -0.39 is 17.7 Å². The molecule has 0 unspecified atom stereocenters. The minimum Gasteiger partial charge on any atom is -0.503 e. The minimum absolute atomic E-state index is 0.0914. The molecule has 7 nitrogen and oxygen atoms in total. The Kier molecular flexibility index (Phi) is 6.04. The Morgan fingerprint density at radius 3 is 2.66 bits per heavy atom. The monoisotopic (exact) mass is 415 g/mol. The van der Waals surface area contributed by atoms with Crippen molar-refractivity contribution in [1.82, 2.24) is 14.8 Å². The van der Waals surface area contributed by atoms with Crippen LogP contribution in [0.4, 0.5) is 0 Å². The van der Waals surface area contributed by atoms with Crippen molar-refractivity contribution in [3.8, 4) is 5.75 Å². The van der Waals surface area contributed by atoms with Crippen LogP contribution in [0.15, 0.2) is 35.6 Å². The van der Waals surface area contributed by atoms with E-state index in [9.17, 15) is 14.7 Å². The Balaban J connectivity index is 2.10. The highest BCUT2D eigenvalue weighted by Gasteiger charge is 2.44. The van der Waals surface area contributed by atoms with Crippen molar-refractivity contribution in [2.75, 3.05) is 34.3 Å². The fraction of sp³-hybridized carbons (Fsp3) is 0.381. The van der Waals surface area contributed by atoms with Crippen LogP contribution in [-0.4, -0.2) is 65.9 Å². The number of carbonyl (C=O) groups is 2. The number of amides is 1. The number of ketones is 1. The van der Waals surface area contributed by atoms with E-state index in [4.69, 9.17) is 4.74 Å². The van der Waals surface area contributed by atoms with Crippen LogP contribution in [0.3, 0.4) is 0 Å². The van der Waals surface area contributed by atoms with Gasteiger partial charge in [0, 0.05) is 13.1 Å². The molecule has 0 bridgehead atoms. The summed E-state index contributed by atoms with van der Waals surface area (Å²) in [6, 6.07) is 6.54. The van der Waals surface area contributed by atoms with Crippen LogP contribution in [0.2, 0.25) is 0 Å². The molecule has 0 saturated carbocycles. The molecule has 1 aliphatic heterocycles. The Hall–Kier alpha value is -2.71. The molecular weight excluding hydrogens is 390 g/mol. The zero-order chi connectivity index (χ0) is 21.3. The Morgan fingerprint density at radius 2 is 2.07 bits per heavy atom. The number of hydrogen-bond acceptors (Lipinski definition) is 7. The molecule has 0 saturated heterocycles. The molecule has 2 aromatic rings. The van der Waals surface area contributed by atoms with E-state index in [0.29, 0.717) is 35.0 Å². The van der Waals surface area contributed by atoms with Gasteiger partial charge in [0.1, 0.15) is 5.75 Å². The number of thiazole rings is 1. The lowest BCUT2D eigenvalue weighted by Crippen LogP contribution is -2.36. The van der Waals surface area contributed by atoms with Crippen LogP contribution in [0.25, 0.3) is 0 Å². The van der Waals surface area contributed by atoms with Gasteiger partial charge in [-0.3, -0.25) is 9.59 Å². The lowest BCUT2D eigenvalue weighted by Gasteiger charge is -2.28. The molecular formula is C21H25N3O4S. The number of Topliss-reactive ketones (excluding diaryl/α,β-unsaturated/α-hetero) is 1. The molecule has 0 radical (unpaired) electrons. The van der Waals surface area contributed by atoms with Crippen LogP contribution in [0.1, 0.15) is 32.0 Å². The number of aliphatic hydroxyl groups excluding tert-OH is 1. The summed E-state index contributed by atoms with van der Waals surface area (Å²) in [7, 11) is 5.37. The van der Waals surface area contributed by atoms with E-state index in [1.807, 2.05) is 38.1 Å². The number of carbonyl (C=O) groups excluding carboxylic acids is 2. The van der Waals surface area contributed by atoms with Crippen LogP contribution in [-0.2, 0) is 4.79 Å². The summed E-state index contributed by atoms with van der Waals surface area (Å²) < 4.78 is 5.32. The Morgan fingerprint density at radius 1 is 1.34 bits per heavy atom. The molecule has 154 valence electrons. The van der Waals surface area contributed by atoms with E-state index >= 15 is 0 Å². The highest BCUT2D eigenvalue weighted by Crippen LogP contribution is 2.40. The van der Waals surface area contributed by atoms with Gasteiger partial charge in [-0.1, -0.05) is 12.1 Å². The average molecular weight is 416 g/mol. The second-order valence-electron chi connectivity index (χ2n) is 7.22. The summed E-state index contributed by atoms with van der Waals surface area (Å²) in [6.45, 7) is 4.55. The molecule has 3 rings (SSSR count). The average Bonchev–Trinajstić information content (AvgIpc) is 3.15. The van der Waals surface area contributed by atoms with Gasteiger partial charge in [-0.05, 0) is 45.6 Å². The lowest BCUT2D eigenvalue weighted by molar-refractivity contribution is -0.129. The van der Waals surface area contributed by atoms with Gasteiger partial charge < -0.3 is 19.6 Å². The summed E-state index contributed by atoms with van der Waals surface area (Å²) in [4.78, 5) is 34.5. The fourth-order valence-corrected chi connectivity index (χ4v) is 4.32. The first-order chi connectivity index (χ1) is 13.7. The zero-order valence-corrected chi connectivity index (χ0v) is 18.0. The zero-order valence-electron chi connectivity index (χ0n) is 17.2. The predicted molar refractivity (Wildman–Crippen MR) is 112 cm³/mol. The predicted octanol–water partition coefficient (Wildman–Crippen LogP) is 2.91. The molecule has 29 heavy (non-hydrogen) atoms. The molecule has 1 N–H and O–H groups in total. The van der Waals surface area contributed by atoms with E-state index in [1.165, 1.54) is 11.3 Å². The highest BCUT2D eigenvalue weighted by molar-refractivity contribution is 7.14. The topological polar surface area (TPSA) is 83.0 Å². The third-order valence-electron chi connectivity index (χ3n) is 4.86. The number of benzene rings is 1. The van der Waals surface area contributed by atoms with Crippen molar-refractivity contribution >= 4 is 23.0 Å². The quantitative estimate of drug-likeness (QED) is 0.700. The smallest absolute Gasteiger partial charge is 0.290 e. The van der Waals surface area contributed by atoms with E-state index in [2.05, 4.69) is 4.98 Å². The molecule has 0 spiro atoms. The van der Waals surface area contributed by atoms with E-state index in [-0.39, 0.29) is 11.4 Å². The summed E-state index contributed by atoms with van der Waals surface area (Å²) in [5.41, 5.74) is 1.40. The van der Waals surface area contributed by atoms with Crippen LogP contribution >= 0.6 is 11.3 Å². The third-order valence-corrected chi connectivity index (χ3v) is 5.93. The summed E-state index contributed by atoms with van der Waals surface area (Å²) in [5, 5.41) is 11.4. The third kappa shape index (κ3) is 4.04. The molecule has 1 atom stereocenters. The summed E-state index contributed by atoms with van der Waals surface area (Å²) in [5.74, 6) is -0.779. The summed E-state index contributed by atoms with van der Waals surface area (Å²) in [6.07, 6.45) is 0. The first-order valence-electron chi connectivity index (χ1n) is 9.26. The molecule has 1 aromatic carbocycles. The van der Waals surface area contributed by atoms with E-state index in [1.54, 1.807) is 31.1 Å². The second-order valence-corrected chi connectivity index (χ2v) is 8.42. The number of aryl methyl sites for hydroxylation is 2. The molecule has 1 aromatic heterocycles. The van der Waals surface area contributed by atoms with Crippen molar-refractivity contribution in [2.24, 2.45) is 0 Å². The second kappa shape index (κ2) is 8.34. The first-order valence-corrected chi connectivity index (χ1v) is 10.1. The van der Waals surface area contributed by atoms with Gasteiger partial charge in [0.05, 0.1) is 34.3 Å². The van der Waals surface area contributed by atoms with Crippen molar-refractivity contribution < 1.29 is 19.4 Å². The maximum Gasteiger partial charge on any atom is 0.290 e. The number of aromatic nitrogens is 1. The van der Waals surface area contributed by atoms with Gasteiger partial charge in [-0.25, -0.2) is 4.98 Å². The van der Waals surface area contributed by atoms with Gasteiger partial charge in [0.25, 0.3) is 5.91 Å². The molecule has 1 amide bonds. The molecule has 1 aliphatic rings. The maximum absolute atomic E-state index is 13.4. The van der Waals surface area contributed by atoms with Crippen LogP contribution < -0.4 is 4.74 Å². The number of ether oxygens (including phenoxy) is 1. The molecule has 0 fully saturated rings. The van der Waals surface area contributed by atoms with E-state index in [0.717, 1.165) is 5.01 Å². The largest absolute Gasteiger partial charge is 0.503 e. The van der Waals surface area contributed by atoms with Crippen LogP contribution in [0.5, 0.6) is 5.75 Å². The van der Waals surface area contributed by atoms with Crippen molar-refractivity contribution in [3.63, 3.8) is 0 Å². The Bertz CT molecular complexity index is 980. The standard InChI is InChI=1S/C21H25N3O4S/c1-12-20(29-13(2)22-12)18(25)16-17(14-7-6-8-15(11-14)28-5)24(10-9-23(3)4)21(27)19(16)26/h6-8,11,17,26H,9-10H2,1-5H3/t17-/m1/s1. The minimum atomic E-state index is -0.688. The number of nitrogens with zero attached hydrogens (tertiary/aromatic N) is 3. The SMILES string of the molecule is COc1cccc([C@@H]2C(C(=O)c3sc(C)nc3C)=C(O)C(=O)N2CCN(C)C)c1. The number of hydrogen-bond donors (Lipinski definition) is 1. The van der Waals surface area contributed by atoms with Crippen molar-refractivity contribution in [1.29, 1.82) is 0 Å². The van der Waals surface area contributed by atoms with Gasteiger partial charge in [-0.2, -0.15) is 0 Å². The molecule has 2 heterocycles. The van der Waals surface area contributed by atoms with Gasteiger partial charge in [-0.15, -0.1) is 11.3 Å². The number of methoxy groups -OCH3 is 1. The number of likely N-dealkylation sites (N-methyl/N-ethyl adjacent to an activating group) is 1. The van der Waals surface area contributed by atoms with Gasteiger partial charge in [0.15, 0.2) is 5.76 Å². The van der Waals surface area contributed by atoms with Gasteiger partial charge in [0.2, 0.25) is 5.78 Å². The fourth-order valence-electron chi connectivity index (χ4n) is 3.45. The van der Waals surface area contributed by atoms with Crippen molar-refractivity contribution in [2.45, 2.75) is 19.9 Å². The molecule has 0 aliphatic carbocycles. The molecule has 8 heteroatoms. The highest BCUT2D eigenvalue weighted by atomic mass is 32.1. The van der Waals surface area contributed by atoms with Crippen molar-refractivity contribution in [3.05, 3.63) is 56.7 Å². The summed E-state index contributed by atoms with van der Waals surface area (Å²) >= 11 is 1.27. The maximum atomic E-state index is 13.4. The first kappa shape index (κ1) is 21.0. The normalized spacial score (nSPS) is 16.8. The number of aliphatic hydroxyl groups is 1. The number of rotatable bonds is 7.